The third-order valence-corrected chi connectivity index (χ3v) is 4.19. The predicted octanol–water partition coefficient (Wildman–Crippen LogP) is 1.23. The molecule has 6 nitrogen and oxygen atoms in total. The van der Waals surface area contributed by atoms with E-state index in [2.05, 4.69) is 20.6 Å². The molecule has 18 heavy (non-hydrogen) atoms. The van der Waals surface area contributed by atoms with Gasteiger partial charge in [-0.15, -0.1) is 11.8 Å². The molecule has 2 aromatic rings. The van der Waals surface area contributed by atoms with Gasteiger partial charge in [0.1, 0.15) is 0 Å². The number of thioether (sulfide) groups is 1. The molecule has 1 amide bonds. The number of carbonyl (C=O) groups is 1. The highest BCUT2D eigenvalue weighted by Gasteiger charge is 2.28. The standard InChI is InChI=1S/C11H13N5OS/c1-6-9-10(7-3-12-16(2)4-7)18-5-8(17)13-11(9)15-14-6/h3-4,10H,5H2,1-2H3,(H2,13,14,15,17)/t10-/m0/s1. The van der Waals surface area contributed by atoms with Gasteiger partial charge in [-0.3, -0.25) is 14.6 Å². The van der Waals surface area contributed by atoms with Crippen LogP contribution in [-0.4, -0.2) is 31.6 Å². The van der Waals surface area contributed by atoms with Crippen LogP contribution in [-0.2, 0) is 11.8 Å². The number of nitrogens with zero attached hydrogens (tertiary/aromatic N) is 3. The number of fused-ring (bicyclic) bond motifs is 1. The number of amides is 1. The fraction of sp³-hybridized carbons (Fsp3) is 0.364. The second kappa shape index (κ2) is 4.16. The molecule has 1 aliphatic rings. The normalized spacial score (nSPS) is 19.2. The minimum Gasteiger partial charge on any atom is -0.308 e. The molecule has 0 fully saturated rings. The van der Waals surface area contributed by atoms with Crippen molar-refractivity contribution in [3.05, 3.63) is 29.2 Å². The van der Waals surface area contributed by atoms with Gasteiger partial charge in [0.2, 0.25) is 5.91 Å². The van der Waals surface area contributed by atoms with Gasteiger partial charge in [0, 0.05) is 30.1 Å². The second-order valence-electron chi connectivity index (χ2n) is 4.30. The quantitative estimate of drug-likeness (QED) is 0.811. The zero-order chi connectivity index (χ0) is 12.7. The predicted molar refractivity (Wildman–Crippen MR) is 69.5 cm³/mol. The number of aromatic amines is 1. The Morgan fingerprint density at radius 2 is 2.39 bits per heavy atom. The number of aromatic nitrogens is 4. The minimum atomic E-state index is -0.0147. The lowest BCUT2D eigenvalue weighted by Crippen LogP contribution is -2.12. The molecule has 0 spiro atoms. The molecule has 1 aliphatic heterocycles. The lowest BCUT2D eigenvalue weighted by atomic mass is 10.1. The summed E-state index contributed by atoms with van der Waals surface area (Å²) in [7, 11) is 1.89. The van der Waals surface area contributed by atoms with Gasteiger partial charge in [0.25, 0.3) is 0 Å². The largest absolute Gasteiger partial charge is 0.308 e. The summed E-state index contributed by atoms with van der Waals surface area (Å²) >= 11 is 1.59. The molecule has 2 aromatic heterocycles. The Labute approximate surface area is 108 Å². The van der Waals surface area contributed by atoms with Crippen molar-refractivity contribution in [2.45, 2.75) is 12.2 Å². The summed E-state index contributed by atoms with van der Waals surface area (Å²) in [6.07, 6.45) is 3.81. The van der Waals surface area contributed by atoms with Gasteiger partial charge in [-0.25, -0.2) is 0 Å². The second-order valence-corrected chi connectivity index (χ2v) is 5.39. The molecule has 0 radical (unpaired) electrons. The van der Waals surface area contributed by atoms with E-state index in [0.717, 1.165) is 16.8 Å². The van der Waals surface area contributed by atoms with E-state index in [-0.39, 0.29) is 11.2 Å². The van der Waals surface area contributed by atoms with E-state index in [1.807, 2.05) is 26.4 Å². The van der Waals surface area contributed by atoms with Gasteiger partial charge in [0.15, 0.2) is 5.82 Å². The molecule has 1 atom stereocenters. The van der Waals surface area contributed by atoms with Crippen LogP contribution in [0.2, 0.25) is 0 Å². The summed E-state index contributed by atoms with van der Waals surface area (Å²) in [6, 6.07) is 0. The Hall–Kier alpha value is -1.76. The number of carbonyl (C=O) groups excluding carboxylic acids is 1. The Balaban J connectivity index is 2.09. The highest BCUT2D eigenvalue weighted by molar-refractivity contribution is 8.00. The molecular weight excluding hydrogens is 250 g/mol. The van der Waals surface area contributed by atoms with Crippen LogP contribution in [0.25, 0.3) is 0 Å². The molecule has 0 bridgehead atoms. The van der Waals surface area contributed by atoms with E-state index in [1.165, 1.54) is 0 Å². The van der Waals surface area contributed by atoms with Gasteiger partial charge in [0.05, 0.1) is 17.2 Å². The summed E-state index contributed by atoms with van der Waals surface area (Å²) in [5.41, 5.74) is 3.11. The third-order valence-electron chi connectivity index (χ3n) is 2.92. The maximum atomic E-state index is 11.6. The van der Waals surface area contributed by atoms with E-state index in [4.69, 9.17) is 0 Å². The van der Waals surface area contributed by atoms with Crippen LogP contribution >= 0.6 is 11.8 Å². The van der Waals surface area contributed by atoms with Crippen LogP contribution in [0.3, 0.4) is 0 Å². The highest BCUT2D eigenvalue weighted by atomic mass is 32.2. The number of hydrogen-bond donors (Lipinski definition) is 2. The minimum absolute atomic E-state index is 0.0147. The Morgan fingerprint density at radius 1 is 1.56 bits per heavy atom. The fourth-order valence-corrected chi connectivity index (χ4v) is 3.26. The van der Waals surface area contributed by atoms with Gasteiger partial charge >= 0.3 is 0 Å². The number of rotatable bonds is 1. The topological polar surface area (TPSA) is 75.6 Å². The summed E-state index contributed by atoms with van der Waals surface area (Å²) < 4.78 is 1.77. The zero-order valence-electron chi connectivity index (χ0n) is 10.1. The van der Waals surface area contributed by atoms with Crippen molar-refractivity contribution in [1.29, 1.82) is 0 Å². The first kappa shape index (κ1) is 11.3. The first-order valence-electron chi connectivity index (χ1n) is 5.60. The van der Waals surface area contributed by atoms with Crippen molar-refractivity contribution in [3.63, 3.8) is 0 Å². The summed E-state index contributed by atoms with van der Waals surface area (Å²) in [5, 5.41) is 14.2. The van der Waals surface area contributed by atoms with Crippen molar-refractivity contribution in [2.24, 2.45) is 7.05 Å². The summed E-state index contributed by atoms with van der Waals surface area (Å²) in [4.78, 5) is 11.6. The molecule has 0 saturated carbocycles. The number of anilines is 1. The van der Waals surface area contributed by atoms with Gasteiger partial charge in [-0.2, -0.15) is 10.2 Å². The maximum Gasteiger partial charge on any atom is 0.235 e. The molecule has 7 heteroatoms. The Kier molecular flexibility index (Phi) is 2.62. The number of nitrogens with one attached hydrogen (secondary N) is 2. The average Bonchev–Trinajstić information content (AvgIpc) is 2.84. The zero-order valence-corrected chi connectivity index (χ0v) is 10.9. The molecule has 0 unspecified atom stereocenters. The van der Waals surface area contributed by atoms with Crippen LogP contribution in [0.4, 0.5) is 5.82 Å². The van der Waals surface area contributed by atoms with Gasteiger partial charge < -0.3 is 5.32 Å². The molecule has 2 N–H and O–H groups in total. The van der Waals surface area contributed by atoms with E-state index in [0.29, 0.717) is 11.6 Å². The molecule has 0 aliphatic carbocycles. The van der Waals surface area contributed by atoms with Crippen molar-refractivity contribution in [3.8, 4) is 0 Å². The Bertz CT molecular complexity index is 602. The van der Waals surface area contributed by atoms with Crippen molar-refractivity contribution in [2.75, 3.05) is 11.1 Å². The smallest absolute Gasteiger partial charge is 0.235 e. The molecule has 94 valence electrons. The van der Waals surface area contributed by atoms with Crippen LogP contribution in [0.5, 0.6) is 0 Å². The maximum absolute atomic E-state index is 11.6. The number of aryl methyl sites for hydroxylation is 2. The number of H-pyrrole nitrogens is 1. The van der Waals surface area contributed by atoms with Crippen molar-refractivity contribution < 1.29 is 4.79 Å². The molecule has 3 heterocycles. The molecule has 3 rings (SSSR count). The third kappa shape index (κ3) is 1.80. The first-order chi connectivity index (χ1) is 8.65. The molecular formula is C11H13N5OS. The van der Waals surface area contributed by atoms with E-state index in [1.54, 1.807) is 16.4 Å². The highest BCUT2D eigenvalue weighted by Crippen LogP contribution is 2.41. The van der Waals surface area contributed by atoms with E-state index >= 15 is 0 Å². The lowest BCUT2D eigenvalue weighted by molar-refractivity contribution is -0.113. The summed E-state index contributed by atoms with van der Waals surface area (Å²) in [6.45, 7) is 1.97. The van der Waals surface area contributed by atoms with E-state index < -0.39 is 0 Å². The van der Waals surface area contributed by atoms with Crippen molar-refractivity contribution >= 4 is 23.5 Å². The first-order valence-corrected chi connectivity index (χ1v) is 6.65. The molecule has 0 aromatic carbocycles. The Morgan fingerprint density at radius 3 is 3.11 bits per heavy atom. The number of hydrogen-bond acceptors (Lipinski definition) is 4. The van der Waals surface area contributed by atoms with Gasteiger partial charge in [-0.1, -0.05) is 0 Å². The monoisotopic (exact) mass is 263 g/mol. The summed E-state index contributed by atoms with van der Waals surface area (Å²) in [5.74, 6) is 1.05. The van der Waals surface area contributed by atoms with Crippen molar-refractivity contribution in [1.82, 2.24) is 20.0 Å². The average molecular weight is 263 g/mol. The SMILES string of the molecule is Cc1[nH]nc2c1[C@H](c1cnn(C)c1)SCC(=O)N2. The fourth-order valence-electron chi connectivity index (χ4n) is 2.10. The lowest BCUT2D eigenvalue weighted by Gasteiger charge is -2.12. The molecule has 0 saturated heterocycles. The van der Waals surface area contributed by atoms with E-state index in [9.17, 15) is 4.79 Å². The van der Waals surface area contributed by atoms with Crippen LogP contribution in [0.15, 0.2) is 12.4 Å². The van der Waals surface area contributed by atoms with Gasteiger partial charge in [-0.05, 0) is 6.92 Å². The van der Waals surface area contributed by atoms with Crippen LogP contribution in [0, 0.1) is 6.92 Å². The van der Waals surface area contributed by atoms with Crippen LogP contribution < -0.4 is 5.32 Å². The van der Waals surface area contributed by atoms with Crippen LogP contribution in [0.1, 0.15) is 22.1 Å².